The summed E-state index contributed by atoms with van der Waals surface area (Å²) in [6, 6.07) is 7.78. The summed E-state index contributed by atoms with van der Waals surface area (Å²) in [7, 11) is 0. The van der Waals surface area contributed by atoms with Crippen LogP contribution in [0.25, 0.3) is 0 Å². The van der Waals surface area contributed by atoms with E-state index in [1.54, 1.807) is 11.8 Å². The van der Waals surface area contributed by atoms with Crippen molar-refractivity contribution in [3.63, 3.8) is 0 Å². The fraction of sp³-hybridized carbons (Fsp3) is 0.444. The van der Waals surface area contributed by atoms with E-state index < -0.39 is 0 Å². The van der Waals surface area contributed by atoms with Crippen LogP contribution in [-0.4, -0.2) is 33.5 Å². The summed E-state index contributed by atoms with van der Waals surface area (Å²) < 4.78 is 0. The molecule has 7 heteroatoms. The van der Waals surface area contributed by atoms with Gasteiger partial charge in [-0.3, -0.25) is 9.59 Å². The number of carbonyl (C=O) groups is 2. The molecular formula is C18H22N4O2S. The van der Waals surface area contributed by atoms with Crippen molar-refractivity contribution in [2.75, 3.05) is 11.9 Å². The molecule has 1 aromatic heterocycles. The number of carbonyl (C=O) groups excluding carboxylic acids is 2. The Bertz CT molecular complexity index is 787. The van der Waals surface area contributed by atoms with Crippen molar-refractivity contribution in [2.24, 2.45) is 0 Å². The van der Waals surface area contributed by atoms with Crippen LogP contribution in [0.5, 0.6) is 0 Å². The second-order valence-electron chi connectivity index (χ2n) is 6.53. The van der Waals surface area contributed by atoms with Crippen LogP contribution in [-0.2, 0) is 16.0 Å². The molecule has 132 valence electrons. The Morgan fingerprint density at radius 2 is 2.08 bits per heavy atom. The van der Waals surface area contributed by atoms with Gasteiger partial charge < -0.3 is 10.2 Å². The fourth-order valence-electron chi connectivity index (χ4n) is 3.11. The first-order valence-corrected chi connectivity index (χ1v) is 9.25. The van der Waals surface area contributed by atoms with Gasteiger partial charge in [0.15, 0.2) is 0 Å². The van der Waals surface area contributed by atoms with E-state index in [1.165, 1.54) is 16.9 Å². The second-order valence-corrected chi connectivity index (χ2v) is 7.54. The number of rotatable bonds is 4. The molecule has 6 nitrogen and oxygen atoms in total. The average molecular weight is 358 g/mol. The summed E-state index contributed by atoms with van der Waals surface area (Å²) in [6.07, 6.45) is 1.04. The third-order valence-corrected chi connectivity index (χ3v) is 5.52. The van der Waals surface area contributed by atoms with Crippen molar-refractivity contribution in [3.05, 3.63) is 40.4 Å². The number of nitrogens with zero attached hydrogens (tertiary/aromatic N) is 3. The van der Waals surface area contributed by atoms with E-state index in [1.807, 2.05) is 32.0 Å². The molecule has 1 atom stereocenters. The van der Waals surface area contributed by atoms with Crippen LogP contribution in [0.2, 0.25) is 0 Å². The Kier molecular flexibility index (Phi) is 5.13. The van der Waals surface area contributed by atoms with Crippen molar-refractivity contribution in [2.45, 2.75) is 45.6 Å². The van der Waals surface area contributed by atoms with Gasteiger partial charge in [-0.25, -0.2) is 0 Å². The van der Waals surface area contributed by atoms with E-state index in [4.69, 9.17) is 0 Å². The van der Waals surface area contributed by atoms with E-state index in [9.17, 15) is 9.59 Å². The monoisotopic (exact) mass is 358 g/mol. The molecule has 0 fully saturated rings. The van der Waals surface area contributed by atoms with Gasteiger partial charge in [0.1, 0.15) is 5.01 Å². The van der Waals surface area contributed by atoms with E-state index in [0.717, 1.165) is 17.0 Å². The van der Waals surface area contributed by atoms with Gasteiger partial charge in [-0.05, 0) is 17.5 Å². The minimum Gasteiger partial charge on any atom is -0.335 e. The Morgan fingerprint density at radius 3 is 2.76 bits per heavy atom. The molecule has 0 bridgehead atoms. The molecule has 2 amide bonds. The Balaban J connectivity index is 1.76. The topological polar surface area (TPSA) is 75.2 Å². The third-order valence-electron chi connectivity index (χ3n) is 4.38. The van der Waals surface area contributed by atoms with Gasteiger partial charge in [0.25, 0.3) is 0 Å². The van der Waals surface area contributed by atoms with Gasteiger partial charge in [0.2, 0.25) is 16.9 Å². The summed E-state index contributed by atoms with van der Waals surface area (Å²) in [5.41, 5.74) is 2.26. The first-order valence-electron chi connectivity index (χ1n) is 8.44. The summed E-state index contributed by atoms with van der Waals surface area (Å²) in [5.74, 6) is 0.117. The average Bonchev–Trinajstić information content (AvgIpc) is 3.03. The number of anilines is 1. The summed E-state index contributed by atoms with van der Waals surface area (Å²) >= 11 is 1.39. The Morgan fingerprint density at radius 1 is 1.32 bits per heavy atom. The Hall–Kier alpha value is -2.28. The van der Waals surface area contributed by atoms with Gasteiger partial charge in [-0.2, -0.15) is 0 Å². The smallest absolute Gasteiger partial charge is 0.228 e. The lowest BCUT2D eigenvalue weighted by atomic mass is 9.90. The van der Waals surface area contributed by atoms with Gasteiger partial charge in [-0.1, -0.05) is 49.4 Å². The third kappa shape index (κ3) is 3.87. The van der Waals surface area contributed by atoms with Crippen LogP contribution in [0.3, 0.4) is 0 Å². The predicted octanol–water partition coefficient (Wildman–Crippen LogP) is 3.14. The zero-order valence-corrected chi connectivity index (χ0v) is 15.5. The van der Waals surface area contributed by atoms with Gasteiger partial charge >= 0.3 is 0 Å². The van der Waals surface area contributed by atoms with Gasteiger partial charge in [0, 0.05) is 19.4 Å². The van der Waals surface area contributed by atoms with E-state index in [-0.39, 0.29) is 30.2 Å². The van der Waals surface area contributed by atoms with Crippen LogP contribution >= 0.6 is 11.3 Å². The molecule has 0 aliphatic carbocycles. The number of hydrogen-bond acceptors (Lipinski definition) is 5. The maximum atomic E-state index is 12.5. The summed E-state index contributed by atoms with van der Waals surface area (Å²) in [4.78, 5) is 26.3. The van der Waals surface area contributed by atoms with Crippen molar-refractivity contribution in [1.82, 2.24) is 15.1 Å². The molecule has 0 saturated heterocycles. The largest absolute Gasteiger partial charge is 0.335 e. The highest BCUT2D eigenvalue weighted by molar-refractivity contribution is 7.15. The van der Waals surface area contributed by atoms with Crippen molar-refractivity contribution >= 4 is 28.3 Å². The van der Waals surface area contributed by atoms with Crippen LogP contribution in [0, 0.1) is 0 Å². The molecular weight excluding hydrogens is 336 g/mol. The number of nitrogens with one attached hydrogen (secondary N) is 1. The number of aromatic nitrogens is 2. The number of amides is 2. The molecule has 2 aromatic rings. The van der Waals surface area contributed by atoms with Crippen molar-refractivity contribution in [3.8, 4) is 0 Å². The van der Waals surface area contributed by atoms with Crippen LogP contribution < -0.4 is 5.32 Å². The highest BCUT2D eigenvalue weighted by atomic mass is 32.1. The lowest BCUT2D eigenvalue weighted by molar-refractivity contribution is -0.132. The van der Waals surface area contributed by atoms with Crippen molar-refractivity contribution < 1.29 is 9.59 Å². The van der Waals surface area contributed by atoms with Crippen LogP contribution in [0.1, 0.15) is 55.3 Å². The maximum absolute atomic E-state index is 12.5. The normalized spacial score (nSPS) is 16.6. The van der Waals surface area contributed by atoms with E-state index >= 15 is 0 Å². The molecule has 0 radical (unpaired) electrons. The first-order chi connectivity index (χ1) is 12.0. The highest BCUT2D eigenvalue weighted by Crippen LogP contribution is 2.32. The lowest BCUT2D eigenvalue weighted by Gasteiger charge is -2.36. The lowest BCUT2D eigenvalue weighted by Crippen LogP contribution is -2.40. The molecule has 1 aliphatic heterocycles. The SMILES string of the molecule is CC(=O)N1CCc2ccccc2C1CC(=O)Nc1nnc(C(C)C)s1. The molecule has 25 heavy (non-hydrogen) atoms. The highest BCUT2D eigenvalue weighted by Gasteiger charge is 2.30. The number of fused-ring (bicyclic) bond motifs is 1. The number of benzene rings is 1. The number of hydrogen-bond donors (Lipinski definition) is 1. The Labute approximate surface area is 151 Å². The predicted molar refractivity (Wildman–Crippen MR) is 97.5 cm³/mol. The summed E-state index contributed by atoms with van der Waals surface area (Å²) in [5, 5.41) is 12.3. The minimum absolute atomic E-state index is 0.00897. The molecule has 1 N–H and O–H groups in total. The zero-order chi connectivity index (χ0) is 18.0. The molecule has 1 unspecified atom stereocenters. The molecule has 2 heterocycles. The van der Waals surface area contributed by atoms with E-state index in [2.05, 4.69) is 21.6 Å². The maximum Gasteiger partial charge on any atom is 0.228 e. The minimum atomic E-state index is -0.236. The standard InChI is InChI=1S/C18H22N4O2S/c1-11(2)17-20-21-18(25-17)19-16(24)10-15-14-7-5-4-6-13(14)8-9-22(15)12(3)23/h4-7,11,15H,8-10H2,1-3H3,(H,19,21,24). The van der Waals surface area contributed by atoms with Crippen LogP contribution in [0.4, 0.5) is 5.13 Å². The van der Waals surface area contributed by atoms with Crippen LogP contribution in [0.15, 0.2) is 24.3 Å². The van der Waals surface area contributed by atoms with Gasteiger partial charge in [0.05, 0.1) is 12.5 Å². The second kappa shape index (κ2) is 7.31. The molecule has 1 aromatic carbocycles. The zero-order valence-electron chi connectivity index (χ0n) is 14.7. The van der Waals surface area contributed by atoms with E-state index in [0.29, 0.717) is 11.7 Å². The quantitative estimate of drug-likeness (QED) is 0.911. The molecule has 3 rings (SSSR count). The molecule has 1 aliphatic rings. The first kappa shape index (κ1) is 17.5. The molecule has 0 saturated carbocycles. The summed E-state index contributed by atoms with van der Waals surface area (Å²) in [6.45, 7) is 6.27. The van der Waals surface area contributed by atoms with Crippen molar-refractivity contribution in [1.29, 1.82) is 0 Å². The van der Waals surface area contributed by atoms with Gasteiger partial charge in [-0.15, -0.1) is 10.2 Å². The fourth-order valence-corrected chi connectivity index (χ4v) is 3.87. The molecule has 0 spiro atoms.